The third-order valence-corrected chi connectivity index (χ3v) is 13.8. The number of aromatic nitrogens is 1. The van der Waals surface area contributed by atoms with E-state index in [4.69, 9.17) is 0 Å². The number of anilines is 4. The maximum absolute atomic E-state index is 15.4. The van der Waals surface area contributed by atoms with Crippen molar-refractivity contribution >= 4 is 56.2 Å². The second-order valence-corrected chi connectivity index (χ2v) is 18.6. The van der Waals surface area contributed by atoms with E-state index in [2.05, 4.69) is 14.9 Å². The Morgan fingerprint density at radius 1 is 0.859 bits per heavy atom. The van der Waals surface area contributed by atoms with Crippen LogP contribution in [0.2, 0.25) is 0 Å². The number of hydrogen-bond donors (Lipinski definition) is 3. The van der Waals surface area contributed by atoms with Gasteiger partial charge in [0.05, 0.1) is 21.1 Å². The molecule has 1 fully saturated rings. The number of nitrogens with one attached hydrogen (secondary N) is 2. The number of nitrogens with zero attached hydrogens (tertiary/aromatic N) is 5. The Bertz CT molecular complexity index is 2750. The maximum atomic E-state index is 15.4. The molecule has 64 heavy (non-hydrogen) atoms. The van der Waals surface area contributed by atoms with Crippen LogP contribution in [0.1, 0.15) is 22.5 Å². The molecule has 1 saturated heterocycles. The highest BCUT2D eigenvalue weighted by Crippen LogP contribution is 2.41. The first-order valence-electron chi connectivity index (χ1n) is 20.6. The van der Waals surface area contributed by atoms with Crippen molar-refractivity contribution in [3.05, 3.63) is 148 Å². The second kappa shape index (κ2) is 19.5. The summed E-state index contributed by atoms with van der Waals surface area (Å²) in [5.41, 5.74) is 3.94. The number of nitro benzene ring substituents is 1. The zero-order valence-corrected chi connectivity index (χ0v) is 37.4. The summed E-state index contributed by atoms with van der Waals surface area (Å²) in [6, 6.07) is 30.7. The quantitative estimate of drug-likeness (QED) is 0.0456. The zero-order chi connectivity index (χ0) is 45.7. The molecule has 0 spiro atoms. The molecule has 17 heteroatoms. The van der Waals surface area contributed by atoms with Crippen LogP contribution in [0.4, 0.5) is 37.2 Å². The number of carboxylic acids is 1. The number of carboxylic acid groups (broad SMARTS) is 1. The van der Waals surface area contributed by atoms with E-state index in [9.17, 15) is 32.8 Å². The predicted molar refractivity (Wildman–Crippen MR) is 250 cm³/mol. The summed E-state index contributed by atoms with van der Waals surface area (Å²) in [6.07, 6.45) is 0.707. The van der Waals surface area contributed by atoms with Crippen LogP contribution in [0.15, 0.2) is 125 Å². The molecule has 0 radical (unpaired) electrons. The number of rotatable bonds is 17. The third kappa shape index (κ3) is 10.5. The van der Waals surface area contributed by atoms with Gasteiger partial charge < -0.3 is 29.7 Å². The highest BCUT2D eigenvalue weighted by Gasteiger charge is 2.28. The fraction of sp³-hybridized carbons (Fsp3) is 0.255. The van der Waals surface area contributed by atoms with Crippen molar-refractivity contribution < 1.29 is 32.0 Å². The topological polar surface area (TPSA) is 153 Å². The molecule has 0 amide bonds. The van der Waals surface area contributed by atoms with Crippen molar-refractivity contribution in [2.24, 2.45) is 7.05 Å². The Labute approximate surface area is 375 Å². The molecule has 334 valence electrons. The fourth-order valence-electron chi connectivity index (χ4n) is 7.87. The molecule has 7 rings (SSSR count). The molecule has 0 aliphatic carbocycles. The van der Waals surface area contributed by atoms with Crippen molar-refractivity contribution in [2.45, 2.75) is 29.2 Å². The number of hydrogen-bond acceptors (Lipinski definition) is 10. The van der Waals surface area contributed by atoms with Crippen LogP contribution in [0.25, 0.3) is 22.4 Å². The molecule has 0 saturated carbocycles. The predicted octanol–water partition coefficient (Wildman–Crippen LogP) is 9.20. The molecule has 6 aromatic rings. The van der Waals surface area contributed by atoms with Crippen LogP contribution in [0.5, 0.6) is 0 Å². The molecule has 13 nitrogen and oxygen atoms in total. The third-order valence-electron chi connectivity index (χ3n) is 11.3. The van der Waals surface area contributed by atoms with Gasteiger partial charge in [-0.1, -0.05) is 18.2 Å². The summed E-state index contributed by atoms with van der Waals surface area (Å²) in [4.78, 5) is 31.3. The van der Waals surface area contributed by atoms with Crippen molar-refractivity contribution in [1.29, 1.82) is 0 Å². The minimum absolute atomic E-state index is 0.0369. The molecule has 0 unspecified atom stereocenters. The number of sulfonamides is 1. The number of carbonyl (C=O) groups is 1. The van der Waals surface area contributed by atoms with Gasteiger partial charge in [-0.05, 0) is 136 Å². The lowest BCUT2D eigenvalue weighted by Gasteiger charge is -2.37. The van der Waals surface area contributed by atoms with Crippen LogP contribution < -0.4 is 19.8 Å². The molecule has 5 aromatic carbocycles. The van der Waals surface area contributed by atoms with E-state index in [0.29, 0.717) is 72.1 Å². The van der Waals surface area contributed by atoms with E-state index >= 15 is 4.39 Å². The van der Waals surface area contributed by atoms with Crippen molar-refractivity contribution in [3.63, 3.8) is 0 Å². The van der Waals surface area contributed by atoms with Crippen molar-refractivity contribution in [2.75, 3.05) is 72.4 Å². The molecule has 0 bridgehead atoms. The normalized spacial score (nSPS) is 13.5. The van der Waals surface area contributed by atoms with Crippen molar-refractivity contribution in [3.8, 4) is 22.4 Å². The molecule has 1 aliphatic heterocycles. The molecule has 1 atom stereocenters. The average molecular weight is 910 g/mol. The molecule has 1 aromatic heterocycles. The highest BCUT2D eigenvalue weighted by molar-refractivity contribution is 7.99. The van der Waals surface area contributed by atoms with Gasteiger partial charge in [0.1, 0.15) is 17.3 Å². The standard InChI is InChI=1S/C47H49F2N7O6S2/c1-31-44(47(57)58)45(46(53(31)4)32-10-12-34(48)13-11-32)33-26-35(49)28-39(27-33)55-24-22-54(23-25-55)38-16-14-36(15-17-38)51-64(61,62)41-18-19-42(43(29-41)56(59)60)50-37(20-21-52(2)3)30-63-40-8-6-5-7-9-40/h5-19,26-29,37,50-51H,20-25,30H2,1-4H3,(H,57,58)/t37-/m1/s1. The molecule has 1 aliphatic rings. The maximum Gasteiger partial charge on any atom is 0.338 e. The van der Waals surface area contributed by atoms with Crippen LogP contribution in [-0.4, -0.2) is 92.5 Å². The lowest BCUT2D eigenvalue weighted by atomic mass is 9.96. The number of piperazine rings is 1. The van der Waals surface area contributed by atoms with E-state index in [1.54, 1.807) is 72.8 Å². The molecular formula is C47H49F2N7O6S2. The van der Waals surface area contributed by atoms with Crippen LogP contribution in [-0.2, 0) is 17.1 Å². The first-order chi connectivity index (χ1) is 30.6. The lowest BCUT2D eigenvalue weighted by molar-refractivity contribution is -0.384. The second-order valence-electron chi connectivity index (χ2n) is 15.9. The Morgan fingerprint density at radius 3 is 2.14 bits per heavy atom. The van der Waals surface area contributed by atoms with Gasteiger partial charge in [0, 0.05) is 84.3 Å². The van der Waals surface area contributed by atoms with Gasteiger partial charge in [-0.3, -0.25) is 14.8 Å². The van der Waals surface area contributed by atoms with Crippen molar-refractivity contribution in [1.82, 2.24) is 9.47 Å². The Kier molecular flexibility index (Phi) is 13.9. The Morgan fingerprint density at radius 2 is 1.52 bits per heavy atom. The summed E-state index contributed by atoms with van der Waals surface area (Å²) < 4.78 is 60.7. The van der Waals surface area contributed by atoms with E-state index in [-0.39, 0.29) is 33.6 Å². The summed E-state index contributed by atoms with van der Waals surface area (Å²) in [5.74, 6) is -1.48. The summed E-state index contributed by atoms with van der Waals surface area (Å²) in [7, 11) is 1.44. The Hall–Kier alpha value is -6.43. The summed E-state index contributed by atoms with van der Waals surface area (Å²) >= 11 is 1.64. The largest absolute Gasteiger partial charge is 0.478 e. The van der Waals surface area contributed by atoms with Gasteiger partial charge in [-0.2, -0.15) is 0 Å². The first kappa shape index (κ1) is 45.6. The summed E-state index contributed by atoms with van der Waals surface area (Å²) in [5, 5.41) is 25.8. The number of thioether (sulfide) groups is 1. The van der Waals surface area contributed by atoms with Crippen LogP contribution in [0.3, 0.4) is 0 Å². The van der Waals surface area contributed by atoms with Crippen LogP contribution in [0, 0.1) is 28.7 Å². The van der Waals surface area contributed by atoms with E-state index in [1.807, 2.05) is 54.2 Å². The SMILES string of the molecule is Cc1c(C(=O)O)c(-c2cc(F)cc(N3CCN(c4ccc(NS(=O)(=O)c5ccc(N[C@H](CCN(C)C)CSc6ccccc6)c([N+](=O)[O-])c5)cc4)CC3)c2)c(-c2ccc(F)cc2)n1C. The highest BCUT2D eigenvalue weighted by atomic mass is 32.2. The van der Waals surface area contributed by atoms with E-state index < -0.39 is 32.6 Å². The van der Waals surface area contributed by atoms with Gasteiger partial charge in [0.2, 0.25) is 0 Å². The zero-order valence-electron chi connectivity index (χ0n) is 35.8. The van der Waals surface area contributed by atoms with Gasteiger partial charge in [0.15, 0.2) is 0 Å². The number of halogens is 2. The van der Waals surface area contributed by atoms with Crippen LogP contribution >= 0.6 is 11.8 Å². The smallest absolute Gasteiger partial charge is 0.338 e. The monoisotopic (exact) mass is 909 g/mol. The lowest BCUT2D eigenvalue weighted by Crippen LogP contribution is -2.46. The molecule has 3 N–H and O–H groups in total. The number of benzene rings is 5. The summed E-state index contributed by atoms with van der Waals surface area (Å²) in [6.45, 7) is 4.54. The van der Waals surface area contributed by atoms with E-state index in [0.717, 1.165) is 23.2 Å². The van der Waals surface area contributed by atoms with E-state index in [1.165, 1.54) is 36.4 Å². The van der Waals surface area contributed by atoms with Gasteiger partial charge in [-0.25, -0.2) is 22.0 Å². The molecule has 2 heterocycles. The Balaban J connectivity index is 1.02. The molecular weight excluding hydrogens is 861 g/mol. The number of aromatic carboxylic acids is 1. The number of nitro groups is 1. The van der Waals surface area contributed by atoms with Gasteiger partial charge in [-0.15, -0.1) is 11.8 Å². The van der Waals surface area contributed by atoms with Gasteiger partial charge >= 0.3 is 5.97 Å². The fourth-order valence-corrected chi connectivity index (χ4v) is 9.94. The first-order valence-corrected chi connectivity index (χ1v) is 23.0. The minimum atomic E-state index is -4.21. The van der Waals surface area contributed by atoms with Gasteiger partial charge in [0.25, 0.3) is 15.7 Å². The minimum Gasteiger partial charge on any atom is -0.478 e. The average Bonchev–Trinajstić information content (AvgIpc) is 3.54.